The first-order chi connectivity index (χ1) is 9.31. The van der Waals surface area contributed by atoms with Crippen molar-refractivity contribution in [1.29, 1.82) is 0 Å². The van der Waals surface area contributed by atoms with Crippen LogP contribution in [-0.2, 0) is 6.42 Å². The average molecular weight is 258 g/mol. The van der Waals surface area contributed by atoms with Crippen LogP contribution in [0.4, 0.5) is 0 Å². The molecule has 0 unspecified atom stereocenters. The van der Waals surface area contributed by atoms with Crippen LogP contribution in [0.15, 0.2) is 28.8 Å². The molecule has 0 saturated heterocycles. The fraction of sp³-hybridized carbons (Fsp3) is 0.467. The Morgan fingerprint density at radius 1 is 1.11 bits per heavy atom. The molecule has 0 aliphatic heterocycles. The van der Waals surface area contributed by atoms with Gasteiger partial charge in [0.2, 0.25) is 11.7 Å². The number of aromatic hydroxyl groups is 1. The normalized spacial score (nSPS) is 16.6. The fourth-order valence-corrected chi connectivity index (χ4v) is 2.70. The van der Waals surface area contributed by atoms with Crippen molar-refractivity contribution >= 4 is 0 Å². The maximum Gasteiger partial charge on any atom is 0.227 e. The lowest BCUT2D eigenvalue weighted by Gasteiger charge is -2.19. The van der Waals surface area contributed by atoms with Crippen LogP contribution in [0.3, 0.4) is 0 Å². The van der Waals surface area contributed by atoms with Crippen molar-refractivity contribution in [3.05, 3.63) is 30.2 Å². The zero-order valence-corrected chi connectivity index (χ0v) is 10.9. The molecule has 1 N–H and O–H groups in total. The molecule has 1 saturated carbocycles. The molecule has 3 rings (SSSR count). The van der Waals surface area contributed by atoms with Gasteiger partial charge in [-0.3, -0.25) is 0 Å². The van der Waals surface area contributed by atoms with Gasteiger partial charge < -0.3 is 9.63 Å². The predicted molar refractivity (Wildman–Crippen MR) is 71.7 cm³/mol. The topological polar surface area (TPSA) is 59.2 Å². The lowest BCUT2D eigenvalue weighted by atomic mass is 9.87. The Hall–Kier alpha value is -1.84. The maximum absolute atomic E-state index is 9.26. The number of benzene rings is 1. The van der Waals surface area contributed by atoms with Gasteiger partial charge in [0.15, 0.2) is 0 Å². The number of phenolic OH excluding ortho intramolecular Hbond substituents is 1. The Morgan fingerprint density at radius 2 is 1.84 bits per heavy atom. The molecule has 0 radical (unpaired) electrons. The molecule has 1 aliphatic rings. The minimum Gasteiger partial charge on any atom is -0.508 e. The number of rotatable bonds is 3. The van der Waals surface area contributed by atoms with Crippen LogP contribution < -0.4 is 0 Å². The molecule has 0 bridgehead atoms. The summed E-state index contributed by atoms with van der Waals surface area (Å²) in [5.41, 5.74) is 0.872. The molecule has 1 aliphatic carbocycles. The van der Waals surface area contributed by atoms with Gasteiger partial charge in [-0.1, -0.05) is 24.4 Å². The van der Waals surface area contributed by atoms with E-state index >= 15 is 0 Å². The van der Waals surface area contributed by atoms with Crippen molar-refractivity contribution in [1.82, 2.24) is 10.1 Å². The van der Waals surface area contributed by atoms with Gasteiger partial charge in [-0.05, 0) is 43.0 Å². The standard InChI is InChI=1S/C15H18N2O2/c18-13-8-6-12(7-9-13)15-16-14(19-17-15)10-11-4-2-1-3-5-11/h6-9,11,18H,1-5,10H2. The zero-order chi connectivity index (χ0) is 13.1. The van der Waals surface area contributed by atoms with Crippen molar-refractivity contribution in [2.75, 3.05) is 0 Å². The van der Waals surface area contributed by atoms with Crippen LogP contribution in [0.25, 0.3) is 11.4 Å². The van der Waals surface area contributed by atoms with Gasteiger partial charge in [-0.2, -0.15) is 4.98 Å². The molecule has 0 atom stereocenters. The van der Waals surface area contributed by atoms with Crippen LogP contribution >= 0.6 is 0 Å². The van der Waals surface area contributed by atoms with E-state index in [2.05, 4.69) is 10.1 Å². The lowest BCUT2D eigenvalue weighted by Crippen LogP contribution is -2.09. The molecule has 0 amide bonds. The summed E-state index contributed by atoms with van der Waals surface area (Å²) < 4.78 is 5.33. The van der Waals surface area contributed by atoms with E-state index in [4.69, 9.17) is 4.52 Å². The Labute approximate surface area is 112 Å². The van der Waals surface area contributed by atoms with Crippen molar-refractivity contribution in [3.8, 4) is 17.1 Å². The molecule has 0 spiro atoms. The first-order valence-electron chi connectivity index (χ1n) is 6.93. The van der Waals surface area contributed by atoms with Crippen molar-refractivity contribution in [2.24, 2.45) is 5.92 Å². The van der Waals surface area contributed by atoms with E-state index in [0.29, 0.717) is 11.7 Å². The van der Waals surface area contributed by atoms with Gasteiger partial charge >= 0.3 is 0 Å². The van der Waals surface area contributed by atoms with E-state index < -0.39 is 0 Å². The van der Waals surface area contributed by atoms with Gasteiger partial charge in [-0.15, -0.1) is 0 Å². The average Bonchev–Trinajstić information content (AvgIpc) is 2.89. The van der Waals surface area contributed by atoms with Gasteiger partial charge in [0.25, 0.3) is 0 Å². The molecule has 19 heavy (non-hydrogen) atoms. The smallest absolute Gasteiger partial charge is 0.227 e. The fourth-order valence-electron chi connectivity index (χ4n) is 2.70. The number of hydrogen-bond donors (Lipinski definition) is 1. The summed E-state index contributed by atoms with van der Waals surface area (Å²) >= 11 is 0. The highest BCUT2D eigenvalue weighted by atomic mass is 16.5. The Kier molecular flexibility index (Phi) is 3.49. The summed E-state index contributed by atoms with van der Waals surface area (Å²) in [5.74, 6) is 2.28. The third kappa shape index (κ3) is 2.95. The summed E-state index contributed by atoms with van der Waals surface area (Å²) in [6.45, 7) is 0. The van der Waals surface area contributed by atoms with E-state index in [1.54, 1.807) is 24.3 Å². The summed E-state index contributed by atoms with van der Waals surface area (Å²) in [4.78, 5) is 4.44. The minimum atomic E-state index is 0.245. The van der Waals surface area contributed by atoms with Crippen LogP contribution in [-0.4, -0.2) is 15.2 Å². The summed E-state index contributed by atoms with van der Waals surface area (Å²) in [5, 5.41) is 13.3. The second kappa shape index (κ2) is 5.43. The van der Waals surface area contributed by atoms with Gasteiger partial charge in [-0.25, -0.2) is 0 Å². The zero-order valence-electron chi connectivity index (χ0n) is 10.9. The summed E-state index contributed by atoms with van der Waals surface area (Å²) in [6.07, 6.45) is 7.45. The largest absolute Gasteiger partial charge is 0.508 e. The molecule has 1 aromatic heterocycles. The van der Waals surface area contributed by atoms with E-state index in [0.717, 1.165) is 17.9 Å². The van der Waals surface area contributed by atoms with Gasteiger partial charge in [0.1, 0.15) is 5.75 Å². The second-order valence-corrected chi connectivity index (χ2v) is 5.27. The van der Waals surface area contributed by atoms with Crippen LogP contribution in [0.1, 0.15) is 38.0 Å². The van der Waals surface area contributed by atoms with E-state index in [-0.39, 0.29) is 5.75 Å². The maximum atomic E-state index is 9.26. The highest BCUT2D eigenvalue weighted by Gasteiger charge is 2.17. The number of hydrogen-bond acceptors (Lipinski definition) is 4. The predicted octanol–water partition coefficient (Wildman–Crippen LogP) is 3.57. The molecular formula is C15H18N2O2. The molecule has 2 aromatic rings. The third-order valence-corrected chi connectivity index (χ3v) is 3.78. The molecule has 1 fully saturated rings. The molecular weight excluding hydrogens is 240 g/mol. The molecule has 4 nitrogen and oxygen atoms in total. The number of aromatic nitrogens is 2. The van der Waals surface area contributed by atoms with E-state index in [1.807, 2.05) is 0 Å². The van der Waals surface area contributed by atoms with Crippen molar-refractivity contribution < 1.29 is 9.63 Å². The highest BCUT2D eigenvalue weighted by molar-refractivity contribution is 5.55. The Bertz CT molecular complexity index is 527. The number of phenols is 1. The third-order valence-electron chi connectivity index (χ3n) is 3.78. The molecule has 1 aromatic carbocycles. The Morgan fingerprint density at radius 3 is 2.58 bits per heavy atom. The molecule has 4 heteroatoms. The molecule has 100 valence electrons. The van der Waals surface area contributed by atoms with Crippen LogP contribution in [0.5, 0.6) is 5.75 Å². The first-order valence-corrected chi connectivity index (χ1v) is 6.93. The van der Waals surface area contributed by atoms with Crippen molar-refractivity contribution in [3.63, 3.8) is 0 Å². The first kappa shape index (κ1) is 12.2. The lowest BCUT2D eigenvalue weighted by molar-refractivity contribution is 0.305. The van der Waals surface area contributed by atoms with E-state index in [9.17, 15) is 5.11 Å². The number of nitrogens with zero attached hydrogens (tertiary/aromatic N) is 2. The molecule has 1 heterocycles. The summed E-state index contributed by atoms with van der Waals surface area (Å²) in [6, 6.07) is 6.86. The van der Waals surface area contributed by atoms with Crippen LogP contribution in [0.2, 0.25) is 0 Å². The highest BCUT2D eigenvalue weighted by Crippen LogP contribution is 2.27. The monoisotopic (exact) mass is 258 g/mol. The van der Waals surface area contributed by atoms with Crippen molar-refractivity contribution in [2.45, 2.75) is 38.5 Å². The quantitative estimate of drug-likeness (QED) is 0.914. The SMILES string of the molecule is Oc1ccc(-c2noc(CC3CCCCC3)n2)cc1. The Balaban J connectivity index is 1.70. The van der Waals surface area contributed by atoms with Crippen LogP contribution in [0, 0.1) is 5.92 Å². The second-order valence-electron chi connectivity index (χ2n) is 5.27. The van der Waals surface area contributed by atoms with Gasteiger partial charge in [0.05, 0.1) is 0 Å². The summed E-state index contributed by atoms with van der Waals surface area (Å²) in [7, 11) is 0. The van der Waals surface area contributed by atoms with E-state index in [1.165, 1.54) is 32.1 Å². The van der Waals surface area contributed by atoms with Gasteiger partial charge in [0, 0.05) is 12.0 Å². The minimum absolute atomic E-state index is 0.245.